The molecule has 2 rings (SSSR count). The average molecular weight is 475 g/mol. The molecule has 0 aliphatic carbocycles. The lowest BCUT2D eigenvalue weighted by atomic mass is 10.1. The van der Waals surface area contributed by atoms with Crippen LogP contribution in [0.1, 0.15) is 38.8 Å². The third kappa shape index (κ3) is 8.52. The normalized spacial score (nSPS) is 14.0. The van der Waals surface area contributed by atoms with E-state index in [4.69, 9.17) is 0 Å². The minimum Gasteiger partial charge on any atom is -0.593 e. The van der Waals surface area contributed by atoms with E-state index in [1.54, 1.807) is 24.9 Å². The van der Waals surface area contributed by atoms with E-state index in [2.05, 4.69) is 39.2 Å². The fourth-order valence-electron chi connectivity index (χ4n) is 2.78. The van der Waals surface area contributed by atoms with Gasteiger partial charge in [-0.1, -0.05) is 12.1 Å². The summed E-state index contributed by atoms with van der Waals surface area (Å²) in [5.74, 6) is 0.742. The molecule has 0 aromatic heterocycles. The molecular formula is C24H34N4O2S2. The first-order valence-corrected chi connectivity index (χ1v) is 12.6. The number of hydrogen-bond donors (Lipinski definition) is 4. The molecule has 0 fully saturated rings. The van der Waals surface area contributed by atoms with Gasteiger partial charge in [0.15, 0.2) is 4.90 Å². The predicted octanol–water partition coefficient (Wildman–Crippen LogP) is 4.86. The van der Waals surface area contributed by atoms with Crippen molar-refractivity contribution in [3.05, 3.63) is 59.8 Å². The minimum atomic E-state index is -1.44. The van der Waals surface area contributed by atoms with E-state index in [0.29, 0.717) is 11.4 Å². The standard InChI is InChI=1S/C24H34N4O2S2/c1-17(29)14-27-20-11-12-21(23(13-20)32(30)28-24(2,3)4)22(15-25-5)31-16-18-7-9-19(26-6)10-8-18/h7-13,15,17,26-29H,5,14,16H2,1-4,6H3/b22-15-. The Kier molecular flexibility index (Phi) is 10.1. The van der Waals surface area contributed by atoms with E-state index >= 15 is 0 Å². The maximum Gasteiger partial charge on any atom is 0.184 e. The highest BCUT2D eigenvalue weighted by Gasteiger charge is 2.25. The number of rotatable bonds is 11. The van der Waals surface area contributed by atoms with Crippen LogP contribution in [0.15, 0.2) is 58.6 Å². The Bertz CT molecular complexity index is 909. The monoisotopic (exact) mass is 474 g/mol. The number of hydrogen-bond acceptors (Lipinski definition) is 7. The number of anilines is 2. The molecule has 0 amide bonds. The average Bonchev–Trinajstić information content (AvgIpc) is 2.74. The molecule has 174 valence electrons. The molecule has 0 aliphatic heterocycles. The summed E-state index contributed by atoms with van der Waals surface area (Å²) in [5.41, 5.74) is 3.55. The van der Waals surface area contributed by atoms with Crippen molar-refractivity contribution in [2.75, 3.05) is 24.2 Å². The predicted molar refractivity (Wildman–Crippen MR) is 141 cm³/mol. The van der Waals surface area contributed by atoms with Gasteiger partial charge in [0, 0.05) is 53.5 Å². The lowest BCUT2D eigenvalue weighted by molar-refractivity contribution is 0.208. The molecule has 0 spiro atoms. The zero-order valence-electron chi connectivity index (χ0n) is 19.4. The van der Waals surface area contributed by atoms with Crippen molar-refractivity contribution in [3.63, 3.8) is 0 Å². The highest BCUT2D eigenvalue weighted by atomic mass is 32.2. The maximum atomic E-state index is 13.3. The van der Waals surface area contributed by atoms with Gasteiger partial charge in [0.05, 0.1) is 23.0 Å². The van der Waals surface area contributed by atoms with Crippen molar-refractivity contribution in [2.45, 2.75) is 50.0 Å². The summed E-state index contributed by atoms with van der Waals surface area (Å²) in [6.07, 6.45) is 1.23. The Morgan fingerprint density at radius 3 is 2.44 bits per heavy atom. The second-order valence-corrected chi connectivity index (χ2v) is 10.7. The van der Waals surface area contributed by atoms with Gasteiger partial charge in [-0.15, -0.1) is 16.5 Å². The van der Waals surface area contributed by atoms with Crippen LogP contribution in [0.5, 0.6) is 0 Å². The summed E-state index contributed by atoms with van der Waals surface area (Å²) >= 11 is 0.181. The van der Waals surface area contributed by atoms with Crippen molar-refractivity contribution in [3.8, 4) is 0 Å². The first-order valence-electron chi connectivity index (χ1n) is 10.4. The SMILES string of the molecule is C=N/C=C(\SCc1ccc(NC)cc1)c1ccc(NCC(C)O)cc1[S+]([O-])NC(C)(C)C. The van der Waals surface area contributed by atoms with Crippen molar-refractivity contribution < 1.29 is 9.66 Å². The molecule has 0 bridgehead atoms. The molecule has 6 nitrogen and oxygen atoms in total. The second-order valence-electron chi connectivity index (χ2n) is 8.47. The summed E-state index contributed by atoms with van der Waals surface area (Å²) in [6.45, 7) is 11.7. The fraction of sp³-hybridized carbons (Fsp3) is 0.375. The van der Waals surface area contributed by atoms with E-state index in [0.717, 1.165) is 27.6 Å². The van der Waals surface area contributed by atoms with Crippen LogP contribution in [0, 0.1) is 0 Å². The van der Waals surface area contributed by atoms with Gasteiger partial charge in [0.2, 0.25) is 0 Å². The third-order valence-corrected chi connectivity index (χ3v) is 6.94. The van der Waals surface area contributed by atoms with Crippen LogP contribution < -0.4 is 15.4 Å². The molecule has 2 atom stereocenters. The van der Waals surface area contributed by atoms with Gasteiger partial charge < -0.3 is 20.3 Å². The zero-order valence-corrected chi connectivity index (χ0v) is 21.1. The number of nitrogens with zero attached hydrogens (tertiary/aromatic N) is 1. The number of aliphatic hydroxyl groups is 1. The van der Waals surface area contributed by atoms with Crippen molar-refractivity contribution in [2.24, 2.45) is 4.99 Å². The molecule has 2 aromatic carbocycles. The topological polar surface area (TPSA) is 91.7 Å². The highest BCUT2D eigenvalue weighted by molar-refractivity contribution is 8.07. The number of aliphatic imine (C=N–C) groups is 1. The quantitative estimate of drug-likeness (QED) is 0.274. The molecule has 4 N–H and O–H groups in total. The van der Waals surface area contributed by atoms with Crippen LogP contribution >= 0.6 is 11.8 Å². The molecule has 8 heteroatoms. The van der Waals surface area contributed by atoms with Crippen LogP contribution in [0.25, 0.3) is 4.91 Å². The van der Waals surface area contributed by atoms with Crippen LogP contribution in [0.2, 0.25) is 0 Å². The number of aliphatic hydroxyl groups excluding tert-OH is 1. The van der Waals surface area contributed by atoms with Gasteiger partial charge in [-0.25, -0.2) is 0 Å². The highest BCUT2D eigenvalue weighted by Crippen LogP contribution is 2.36. The van der Waals surface area contributed by atoms with Crippen molar-refractivity contribution in [1.29, 1.82) is 0 Å². The molecule has 32 heavy (non-hydrogen) atoms. The summed E-state index contributed by atoms with van der Waals surface area (Å²) in [7, 11) is 1.90. The molecular weight excluding hydrogens is 440 g/mol. The minimum absolute atomic E-state index is 0.325. The van der Waals surface area contributed by atoms with E-state index in [-0.39, 0.29) is 5.54 Å². The first-order chi connectivity index (χ1) is 15.1. The number of nitrogens with one attached hydrogen (secondary N) is 3. The van der Waals surface area contributed by atoms with Crippen LogP contribution in [-0.4, -0.2) is 41.6 Å². The molecule has 0 heterocycles. The van der Waals surface area contributed by atoms with Crippen LogP contribution in [-0.2, 0) is 17.1 Å². The van der Waals surface area contributed by atoms with E-state index in [9.17, 15) is 9.66 Å². The maximum absolute atomic E-state index is 13.3. The second kappa shape index (κ2) is 12.3. The number of benzene rings is 2. The fourth-order valence-corrected chi connectivity index (χ4v) is 5.12. The Balaban J connectivity index is 2.35. The van der Waals surface area contributed by atoms with Crippen LogP contribution in [0.3, 0.4) is 0 Å². The Morgan fingerprint density at radius 2 is 1.88 bits per heavy atom. The Morgan fingerprint density at radius 1 is 1.22 bits per heavy atom. The molecule has 0 saturated carbocycles. The largest absolute Gasteiger partial charge is 0.593 e. The molecule has 0 aliphatic rings. The molecule has 2 unspecified atom stereocenters. The van der Waals surface area contributed by atoms with Crippen molar-refractivity contribution in [1.82, 2.24) is 4.72 Å². The van der Waals surface area contributed by atoms with Gasteiger partial charge in [-0.3, -0.25) is 4.99 Å². The van der Waals surface area contributed by atoms with E-state index < -0.39 is 17.5 Å². The molecule has 0 saturated heterocycles. The summed E-state index contributed by atoms with van der Waals surface area (Å²) in [6, 6.07) is 14.0. The first kappa shape index (κ1) is 26.3. The molecule has 0 radical (unpaired) electrons. The van der Waals surface area contributed by atoms with Crippen LogP contribution in [0.4, 0.5) is 11.4 Å². The summed E-state index contributed by atoms with van der Waals surface area (Å²) in [5, 5.41) is 15.9. The lowest BCUT2D eigenvalue weighted by Gasteiger charge is -2.24. The number of thioether (sulfide) groups is 1. The van der Waals surface area contributed by atoms with Gasteiger partial charge in [0.25, 0.3) is 0 Å². The molecule has 2 aromatic rings. The van der Waals surface area contributed by atoms with Crippen molar-refractivity contribution >= 4 is 46.1 Å². The van der Waals surface area contributed by atoms with Gasteiger partial charge in [-0.05, 0) is 64.2 Å². The summed E-state index contributed by atoms with van der Waals surface area (Å²) < 4.78 is 16.4. The Labute approximate surface area is 199 Å². The third-order valence-electron chi connectivity index (χ3n) is 4.29. The smallest absolute Gasteiger partial charge is 0.184 e. The zero-order chi connectivity index (χ0) is 23.7. The van der Waals surface area contributed by atoms with Gasteiger partial charge >= 0.3 is 0 Å². The van der Waals surface area contributed by atoms with Gasteiger partial charge in [0.1, 0.15) is 0 Å². The van der Waals surface area contributed by atoms with Gasteiger partial charge in [-0.2, -0.15) is 0 Å². The van der Waals surface area contributed by atoms with E-state index in [1.807, 2.05) is 58.2 Å². The lowest BCUT2D eigenvalue weighted by Crippen LogP contribution is -2.40. The Hall–Kier alpha value is -1.97. The summed E-state index contributed by atoms with van der Waals surface area (Å²) in [4.78, 5) is 5.54. The van der Waals surface area contributed by atoms with E-state index in [1.165, 1.54) is 5.56 Å².